The highest BCUT2D eigenvalue weighted by Crippen LogP contribution is 2.16. The molecule has 0 unspecified atom stereocenters. The Hall–Kier alpha value is -1.67. The minimum Gasteiger partial charge on any atom is -0.497 e. The lowest BCUT2D eigenvalue weighted by Crippen LogP contribution is -2.47. The lowest BCUT2D eigenvalue weighted by Gasteiger charge is -2.28. The van der Waals surface area contributed by atoms with E-state index in [0.29, 0.717) is 25.9 Å². The van der Waals surface area contributed by atoms with Crippen LogP contribution in [0.15, 0.2) is 30.3 Å². The first-order chi connectivity index (χ1) is 12.1. The molecule has 0 saturated carbocycles. The van der Waals surface area contributed by atoms with Crippen LogP contribution in [0.5, 0.6) is 5.75 Å². The van der Waals surface area contributed by atoms with Crippen LogP contribution in [0.2, 0.25) is 6.04 Å². The molecular formula is C18H28O6Si. The fourth-order valence-corrected chi connectivity index (χ4v) is 4.56. The average molecular weight is 369 g/mol. The van der Waals surface area contributed by atoms with Crippen LogP contribution in [0.25, 0.3) is 6.08 Å². The van der Waals surface area contributed by atoms with Gasteiger partial charge in [0.25, 0.3) is 0 Å². The molecule has 0 aromatic heterocycles. The lowest BCUT2D eigenvalue weighted by atomic mass is 10.2. The second-order valence-corrected chi connectivity index (χ2v) is 7.74. The number of hydrogen-bond donors (Lipinski definition) is 0. The second kappa shape index (κ2) is 11.8. The lowest BCUT2D eigenvalue weighted by molar-refractivity contribution is -0.137. The van der Waals surface area contributed by atoms with E-state index in [2.05, 4.69) is 0 Å². The van der Waals surface area contributed by atoms with Crippen molar-refractivity contribution in [3.05, 3.63) is 35.9 Å². The molecular weight excluding hydrogens is 340 g/mol. The highest BCUT2D eigenvalue weighted by Gasteiger charge is 2.40. The highest BCUT2D eigenvalue weighted by atomic mass is 28.4. The largest absolute Gasteiger partial charge is 0.504 e. The van der Waals surface area contributed by atoms with Crippen LogP contribution in [-0.4, -0.2) is 48.3 Å². The molecule has 0 aliphatic heterocycles. The molecule has 1 aromatic rings. The molecule has 0 amide bonds. The zero-order valence-corrected chi connectivity index (χ0v) is 16.4. The summed E-state index contributed by atoms with van der Waals surface area (Å²) in [5, 5.41) is 0. The Labute approximate surface area is 151 Å². The zero-order chi connectivity index (χ0) is 18.5. The van der Waals surface area contributed by atoms with Gasteiger partial charge in [0.2, 0.25) is 0 Å². The molecule has 0 N–H and O–H groups in total. The quantitative estimate of drug-likeness (QED) is 0.320. The van der Waals surface area contributed by atoms with E-state index in [0.717, 1.165) is 11.3 Å². The summed E-state index contributed by atoms with van der Waals surface area (Å²) in [4.78, 5) is 11.9. The van der Waals surface area contributed by atoms with E-state index < -0.39 is 14.8 Å². The smallest absolute Gasteiger partial charge is 0.497 e. The van der Waals surface area contributed by atoms with Crippen molar-refractivity contribution in [2.24, 2.45) is 0 Å². The molecule has 0 bridgehead atoms. The SMILES string of the molecule is CCO[Si](CCOC(=O)/C=C/c1ccc(OC)cc1)(OCC)OCC. The van der Waals surface area contributed by atoms with Crippen molar-refractivity contribution < 1.29 is 27.5 Å². The van der Waals surface area contributed by atoms with Gasteiger partial charge in [0.1, 0.15) is 5.75 Å². The molecule has 6 nitrogen and oxygen atoms in total. The van der Waals surface area contributed by atoms with Gasteiger partial charge >= 0.3 is 14.8 Å². The Bertz CT molecular complexity index is 512. The molecule has 1 rings (SSSR count). The Balaban J connectivity index is 2.51. The van der Waals surface area contributed by atoms with E-state index in [-0.39, 0.29) is 6.61 Å². The summed E-state index contributed by atoms with van der Waals surface area (Å²) in [6.07, 6.45) is 3.09. The monoisotopic (exact) mass is 368 g/mol. The van der Waals surface area contributed by atoms with Gasteiger partial charge in [-0.2, -0.15) is 0 Å². The maximum absolute atomic E-state index is 11.9. The molecule has 0 spiro atoms. The summed E-state index contributed by atoms with van der Waals surface area (Å²) in [6.45, 7) is 7.36. The van der Waals surface area contributed by atoms with E-state index in [1.165, 1.54) is 6.08 Å². The predicted molar refractivity (Wildman–Crippen MR) is 98.4 cm³/mol. The van der Waals surface area contributed by atoms with Crippen molar-refractivity contribution >= 4 is 20.8 Å². The minimum absolute atomic E-state index is 0.192. The standard InChI is InChI=1S/C18H28O6Si/c1-5-22-25(23-6-2,24-7-3)15-14-21-18(19)13-10-16-8-11-17(20-4)12-9-16/h8-13H,5-7,14-15H2,1-4H3/b13-10+. The molecule has 0 aliphatic rings. The third-order valence-electron chi connectivity index (χ3n) is 3.27. The van der Waals surface area contributed by atoms with Crippen molar-refractivity contribution in [1.82, 2.24) is 0 Å². The van der Waals surface area contributed by atoms with Gasteiger partial charge < -0.3 is 22.8 Å². The predicted octanol–water partition coefficient (Wildman–Crippen LogP) is 3.30. The maximum atomic E-state index is 11.9. The van der Waals surface area contributed by atoms with Crippen molar-refractivity contribution in [2.75, 3.05) is 33.5 Å². The second-order valence-electron chi connectivity index (χ2n) is 5.01. The van der Waals surface area contributed by atoms with Crippen LogP contribution in [0, 0.1) is 0 Å². The Morgan fingerprint density at radius 1 is 1.00 bits per heavy atom. The first-order valence-electron chi connectivity index (χ1n) is 8.49. The van der Waals surface area contributed by atoms with Crippen molar-refractivity contribution in [3.63, 3.8) is 0 Å². The summed E-state index contributed by atoms with van der Waals surface area (Å²) in [7, 11) is -1.17. The third-order valence-corrected chi connectivity index (χ3v) is 6.27. The van der Waals surface area contributed by atoms with Gasteiger partial charge in [-0.3, -0.25) is 0 Å². The van der Waals surface area contributed by atoms with Gasteiger partial charge in [0.05, 0.1) is 19.8 Å². The van der Waals surface area contributed by atoms with Gasteiger partial charge in [0, 0.05) is 25.9 Å². The van der Waals surface area contributed by atoms with Gasteiger partial charge in [-0.15, -0.1) is 0 Å². The van der Waals surface area contributed by atoms with Gasteiger partial charge in [-0.05, 0) is 44.5 Å². The molecule has 0 heterocycles. The minimum atomic E-state index is -2.78. The molecule has 0 atom stereocenters. The van der Waals surface area contributed by atoms with Crippen LogP contribution in [-0.2, 0) is 22.8 Å². The van der Waals surface area contributed by atoms with E-state index in [1.807, 2.05) is 45.0 Å². The number of benzene rings is 1. The maximum Gasteiger partial charge on any atom is 0.504 e. The first kappa shape index (κ1) is 21.4. The van der Waals surface area contributed by atoms with E-state index >= 15 is 0 Å². The molecule has 0 radical (unpaired) electrons. The van der Waals surface area contributed by atoms with Crippen molar-refractivity contribution in [2.45, 2.75) is 26.8 Å². The fraction of sp³-hybridized carbons (Fsp3) is 0.500. The zero-order valence-electron chi connectivity index (χ0n) is 15.4. The molecule has 7 heteroatoms. The number of methoxy groups -OCH3 is 1. The topological polar surface area (TPSA) is 63.2 Å². The molecule has 0 saturated heterocycles. The molecule has 25 heavy (non-hydrogen) atoms. The Kier molecular flexibility index (Phi) is 10.1. The van der Waals surface area contributed by atoms with E-state index in [4.69, 9.17) is 22.8 Å². The molecule has 140 valence electrons. The van der Waals surface area contributed by atoms with E-state index in [1.54, 1.807) is 13.2 Å². The third kappa shape index (κ3) is 7.83. The molecule has 0 aliphatic carbocycles. The summed E-state index contributed by atoms with van der Waals surface area (Å²) in [6, 6.07) is 7.82. The highest BCUT2D eigenvalue weighted by molar-refractivity contribution is 6.60. The van der Waals surface area contributed by atoms with Crippen LogP contribution in [0.1, 0.15) is 26.3 Å². The van der Waals surface area contributed by atoms with Gasteiger partial charge in [-0.25, -0.2) is 4.79 Å². The Morgan fingerprint density at radius 2 is 1.56 bits per heavy atom. The number of rotatable bonds is 12. The van der Waals surface area contributed by atoms with E-state index in [9.17, 15) is 4.79 Å². The number of carbonyl (C=O) groups excluding carboxylic acids is 1. The number of esters is 1. The van der Waals surface area contributed by atoms with Crippen molar-refractivity contribution in [3.8, 4) is 5.75 Å². The van der Waals surface area contributed by atoms with Crippen LogP contribution < -0.4 is 4.74 Å². The normalized spacial score (nSPS) is 11.7. The van der Waals surface area contributed by atoms with Gasteiger partial charge in [0.15, 0.2) is 0 Å². The molecule has 1 aromatic carbocycles. The fourth-order valence-electron chi connectivity index (χ4n) is 2.21. The van der Waals surface area contributed by atoms with Crippen molar-refractivity contribution in [1.29, 1.82) is 0 Å². The van der Waals surface area contributed by atoms with Crippen LogP contribution >= 0.6 is 0 Å². The van der Waals surface area contributed by atoms with Gasteiger partial charge in [-0.1, -0.05) is 12.1 Å². The summed E-state index contributed by atoms with van der Waals surface area (Å²) < 4.78 is 27.5. The molecule has 0 fully saturated rings. The Morgan fingerprint density at radius 3 is 2.04 bits per heavy atom. The summed E-state index contributed by atoms with van der Waals surface area (Å²) >= 11 is 0. The van der Waals surface area contributed by atoms with Crippen LogP contribution in [0.3, 0.4) is 0 Å². The number of ether oxygens (including phenoxy) is 2. The first-order valence-corrected chi connectivity index (χ1v) is 10.4. The summed E-state index contributed by atoms with van der Waals surface area (Å²) in [5.41, 5.74) is 0.888. The number of hydrogen-bond acceptors (Lipinski definition) is 6. The van der Waals surface area contributed by atoms with Crippen LogP contribution in [0.4, 0.5) is 0 Å². The summed E-state index contributed by atoms with van der Waals surface area (Å²) in [5.74, 6) is 0.354. The number of carbonyl (C=O) groups is 1. The average Bonchev–Trinajstić information content (AvgIpc) is 2.61.